The SMILES string of the molecule is Clc1cccc(Cc2oncc2N2CCNCC2)c1. The van der Waals surface area contributed by atoms with Crippen LogP contribution in [0.1, 0.15) is 11.3 Å². The second-order valence-corrected chi connectivity index (χ2v) is 5.11. The Hall–Kier alpha value is -1.52. The zero-order valence-corrected chi connectivity index (χ0v) is 11.4. The number of hydrogen-bond acceptors (Lipinski definition) is 4. The highest BCUT2D eigenvalue weighted by Gasteiger charge is 2.17. The smallest absolute Gasteiger partial charge is 0.164 e. The number of hydrogen-bond donors (Lipinski definition) is 1. The first-order chi connectivity index (χ1) is 9.33. The maximum atomic E-state index is 6.01. The highest BCUT2D eigenvalue weighted by Crippen LogP contribution is 2.24. The summed E-state index contributed by atoms with van der Waals surface area (Å²) in [5, 5.41) is 8.04. The molecule has 5 heteroatoms. The van der Waals surface area contributed by atoms with Crippen molar-refractivity contribution in [3.8, 4) is 0 Å². The van der Waals surface area contributed by atoms with Gasteiger partial charge in [0.15, 0.2) is 5.76 Å². The van der Waals surface area contributed by atoms with Gasteiger partial charge in [-0.2, -0.15) is 0 Å². The van der Waals surface area contributed by atoms with Crippen molar-refractivity contribution in [3.05, 3.63) is 46.8 Å². The zero-order valence-electron chi connectivity index (χ0n) is 10.6. The van der Waals surface area contributed by atoms with Crippen molar-refractivity contribution in [3.63, 3.8) is 0 Å². The van der Waals surface area contributed by atoms with Gasteiger partial charge in [0.25, 0.3) is 0 Å². The average Bonchev–Trinajstić information content (AvgIpc) is 2.88. The molecule has 1 aliphatic rings. The van der Waals surface area contributed by atoms with Gasteiger partial charge in [0.1, 0.15) is 5.69 Å². The fourth-order valence-electron chi connectivity index (χ4n) is 2.38. The van der Waals surface area contributed by atoms with Crippen LogP contribution in [0.2, 0.25) is 5.02 Å². The Labute approximate surface area is 117 Å². The van der Waals surface area contributed by atoms with Gasteiger partial charge >= 0.3 is 0 Å². The van der Waals surface area contributed by atoms with Crippen LogP contribution in [0.15, 0.2) is 35.0 Å². The van der Waals surface area contributed by atoms with E-state index in [0.717, 1.165) is 54.6 Å². The molecule has 4 nitrogen and oxygen atoms in total. The predicted octanol–water partition coefficient (Wildman–Crippen LogP) is 2.33. The summed E-state index contributed by atoms with van der Waals surface area (Å²) in [5.41, 5.74) is 2.24. The predicted molar refractivity (Wildman–Crippen MR) is 75.8 cm³/mol. The molecule has 0 aliphatic carbocycles. The van der Waals surface area contributed by atoms with E-state index in [1.54, 1.807) is 0 Å². The Morgan fingerprint density at radius 2 is 2.16 bits per heavy atom. The topological polar surface area (TPSA) is 41.3 Å². The van der Waals surface area contributed by atoms with Crippen LogP contribution in [0.3, 0.4) is 0 Å². The zero-order chi connectivity index (χ0) is 13.1. The van der Waals surface area contributed by atoms with Crippen molar-refractivity contribution >= 4 is 17.3 Å². The summed E-state index contributed by atoms with van der Waals surface area (Å²) in [6.45, 7) is 3.98. The largest absolute Gasteiger partial charge is 0.365 e. The van der Waals surface area contributed by atoms with Crippen LogP contribution in [0.4, 0.5) is 5.69 Å². The molecule has 1 fully saturated rings. The van der Waals surface area contributed by atoms with Crippen molar-refractivity contribution in [1.82, 2.24) is 10.5 Å². The summed E-state index contributed by atoms with van der Waals surface area (Å²) in [5.74, 6) is 0.907. The molecule has 0 unspecified atom stereocenters. The van der Waals surface area contributed by atoms with Gasteiger partial charge in [0.2, 0.25) is 0 Å². The summed E-state index contributed by atoms with van der Waals surface area (Å²) in [6, 6.07) is 7.85. The lowest BCUT2D eigenvalue weighted by atomic mass is 10.1. The molecule has 1 aromatic heterocycles. The number of anilines is 1. The first-order valence-electron chi connectivity index (χ1n) is 6.46. The maximum absolute atomic E-state index is 6.01. The Bertz CT molecular complexity index is 549. The Kier molecular flexibility index (Phi) is 3.71. The van der Waals surface area contributed by atoms with Gasteiger partial charge < -0.3 is 14.7 Å². The van der Waals surface area contributed by atoms with E-state index >= 15 is 0 Å². The summed E-state index contributed by atoms with van der Waals surface area (Å²) in [7, 11) is 0. The molecular weight excluding hydrogens is 262 g/mol. The minimum absolute atomic E-state index is 0.722. The summed E-state index contributed by atoms with van der Waals surface area (Å²) in [4.78, 5) is 2.31. The van der Waals surface area contributed by atoms with Crippen LogP contribution < -0.4 is 10.2 Å². The maximum Gasteiger partial charge on any atom is 0.164 e. The standard InChI is InChI=1S/C14H16ClN3O/c15-12-3-1-2-11(8-12)9-14-13(10-17-19-14)18-6-4-16-5-7-18/h1-3,8,10,16H,4-7,9H2. The Balaban J connectivity index is 1.80. The molecular formula is C14H16ClN3O. The molecule has 1 aromatic carbocycles. The lowest BCUT2D eigenvalue weighted by Gasteiger charge is -2.28. The molecule has 2 heterocycles. The third-order valence-corrected chi connectivity index (χ3v) is 3.57. The van der Waals surface area contributed by atoms with E-state index in [1.807, 2.05) is 24.4 Å². The van der Waals surface area contributed by atoms with Crippen molar-refractivity contribution in [1.29, 1.82) is 0 Å². The fraction of sp³-hybridized carbons (Fsp3) is 0.357. The third kappa shape index (κ3) is 2.91. The van der Waals surface area contributed by atoms with Crippen LogP contribution in [0, 0.1) is 0 Å². The van der Waals surface area contributed by atoms with E-state index in [0.29, 0.717) is 0 Å². The Morgan fingerprint density at radius 3 is 2.95 bits per heavy atom. The minimum atomic E-state index is 0.722. The van der Waals surface area contributed by atoms with Gasteiger partial charge in [-0.25, -0.2) is 0 Å². The number of aromatic nitrogens is 1. The number of benzene rings is 1. The van der Waals surface area contributed by atoms with Crippen molar-refractivity contribution < 1.29 is 4.52 Å². The van der Waals surface area contributed by atoms with Crippen LogP contribution in [-0.4, -0.2) is 31.3 Å². The van der Waals surface area contributed by atoms with E-state index in [9.17, 15) is 0 Å². The quantitative estimate of drug-likeness (QED) is 0.935. The van der Waals surface area contributed by atoms with Crippen molar-refractivity contribution in [2.75, 3.05) is 31.1 Å². The number of nitrogens with zero attached hydrogens (tertiary/aromatic N) is 2. The van der Waals surface area contributed by atoms with Crippen LogP contribution >= 0.6 is 11.6 Å². The highest BCUT2D eigenvalue weighted by molar-refractivity contribution is 6.30. The summed E-state index contributed by atoms with van der Waals surface area (Å²) >= 11 is 6.01. The minimum Gasteiger partial charge on any atom is -0.365 e. The molecule has 0 saturated carbocycles. The molecule has 1 saturated heterocycles. The molecule has 0 spiro atoms. The fourth-order valence-corrected chi connectivity index (χ4v) is 2.59. The van der Waals surface area contributed by atoms with E-state index in [-0.39, 0.29) is 0 Å². The van der Waals surface area contributed by atoms with Crippen molar-refractivity contribution in [2.24, 2.45) is 0 Å². The monoisotopic (exact) mass is 277 g/mol. The number of nitrogens with one attached hydrogen (secondary N) is 1. The summed E-state index contributed by atoms with van der Waals surface area (Å²) < 4.78 is 5.41. The third-order valence-electron chi connectivity index (χ3n) is 3.33. The molecule has 19 heavy (non-hydrogen) atoms. The van der Waals surface area contributed by atoms with E-state index < -0.39 is 0 Å². The van der Waals surface area contributed by atoms with Crippen molar-refractivity contribution in [2.45, 2.75) is 6.42 Å². The molecule has 0 atom stereocenters. The molecule has 0 radical (unpaired) electrons. The first kappa shape index (κ1) is 12.5. The van der Waals surface area contributed by atoms with Gasteiger partial charge in [0, 0.05) is 37.6 Å². The van der Waals surface area contributed by atoms with E-state index in [1.165, 1.54) is 0 Å². The number of piperazine rings is 1. The van der Waals surface area contributed by atoms with Crippen LogP contribution in [-0.2, 0) is 6.42 Å². The molecule has 1 N–H and O–H groups in total. The van der Waals surface area contributed by atoms with Crippen LogP contribution in [0.25, 0.3) is 0 Å². The lowest BCUT2D eigenvalue weighted by molar-refractivity contribution is 0.389. The lowest BCUT2D eigenvalue weighted by Crippen LogP contribution is -2.43. The molecule has 2 aromatic rings. The molecule has 3 rings (SSSR count). The number of halogens is 1. The highest BCUT2D eigenvalue weighted by atomic mass is 35.5. The first-order valence-corrected chi connectivity index (χ1v) is 6.84. The van der Waals surface area contributed by atoms with Gasteiger partial charge in [0.05, 0.1) is 6.20 Å². The molecule has 0 amide bonds. The summed E-state index contributed by atoms with van der Waals surface area (Å²) in [6.07, 6.45) is 2.53. The Morgan fingerprint density at radius 1 is 1.32 bits per heavy atom. The average molecular weight is 278 g/mol. The molecule has 1 aliphatic heterocycles. The normalized spacial score (nSPS) is 15.7. The van der Waals surface area contributed by atoms with E-state index in [4.69, 9.17) is 16.1 Å². The van der Waals surface area contributed by atoms with Gasteiger partial charge in [-0.15, -0.1) is 0 Å². The molecule has 100 valence electrons. The van der Waals surface area contributed by atoms with Crippen LogP contribution in [0.5, 0.6) is 0 Å². The van der Waals surface area contributed by atoms with Gasteiger partial charge in [-0.3, -0.25) is 0 Å². The van der Waals surface area contributed by atoms with E-state index in [2.05, 4.69) is 21.4 Å². The van der Waals surface area contributed by atoms with Gasteiger partial charge in [-0.05, 0) is 17.7 Å². The van der Waals surface area contributed by atoms with Gasteiger partial charge in [-0.1, -0.05) is 28.9 Å². The second-order valence-electron chi connectivity index (χ2n) is 4.68. The number of rotatable bonds is 3. The second kappa shape index (κ2) is 5.63. The molecule has 0 bridgehead atoms.